The number of fused-ring (bicyclic) bond motifs is 1. The van der Waals surface area contributed by atoms with Crippen LogP contribution in [-0.4, -0.2) is 40.2 Å². The summed E-state index contributed by atoms with van der Waals surface area (Å²) in [6, 6.07) is 10.1. The van der Waals surface area contributed by atoms with E-state index in [0.717, 1.165) is 48.2 Å². The number of amides is 1. The Morgan fingerprint density at radius 2 is 1.97 bits per heavy atom. The fraction of sp³-hybridized carbons (Fsp3) is 0.360. The van der Waals surface area contributed by atoms with Crippen molar-refractivity contribution in [2.45, 2.75) is 45.1 Å². The first-order valence-corrected chi connectivity index (χ1v) is 10.9. The van der Waals surface area contributed by atoms with Crippen LogP contribution in [0.2, 0.25) is 0 Å². The molecule has 2 N–H and O–H groups in total. The second-order valence-corrected chi connectivity index (χ2v) is 9.20. The smallest absolute Gasteiger partial charge is 0.340 e. The van der Waals surface area contributed by atoms with Crippen molar-refractivity contribution >= 4 is 34.3 Å². The number of anilines is 1. The number of aromatic amines is 1. The lowest BCUT2D eigenvalue weighted by Gasteiger charge is -2.10. The molecule has 1 saturated carbocycles. The number of methoxy groups -OCH3 is 1. The number of benzene rings is 1. The standard InChI is InChI=1S/C25H26N4O3/c1-25(2)10-9-19(29-25)15-5-4-6-16(11-15)20-12-17-18(24(31)32-3)13-26-22(21(17)27-20)28-23(30)14-7-8-14/h4-6,11-14,27H,7-10H2,1-3H3,(H,26,28,30). The van der Waals surface area contributed by atoms with Crippen molar-refractivity contribution in [1.29, 1.82) is 0 Å². The number of nitrogens with one attached hydrogen (secondary N) is 2. The Balaban J connectivity index is 1.58. The van der Waals surface area contributed by atoms with Gasteiger partial charge in [0.2, 0.25) is 5.91 Å². The molecule has 32 heavy (non-hydrogen) atoms. The zero-order valence-corrected chi connectivity index (χ0v) is 18.5. The minimum Gasteiger partial charge on any atom is -0.465 e. The van der Waals surface area contributed by atoms with E-state index in [1.54, 1.807) is 0 Å². The third kappa shape index (κ3) is 3.79. The number of pyridine rings is 1. The van der Waals surface area contributed by atoms with Crippen LogP contribution in [-0.2, 0) is 9.53 Å². The lowest BCUT2D eigenvalue weighted by atomic mass is 10.00. The van der Waals surface area contributed by atoms with E-state index in [0.29, 0.717) is 22.3 Å². The van der Waals surface area contributed by atoms with Crippen LogP contribution in [0.15, 0.2) is 41.5 Å². The van der Waals surface area contributed by atoms with Crippen LogP contribution >= 0.6 is 0 Å². The summed E-state index contributed by atoms with van der Waals surface area (Å²) < 4.78 is 4.94. The van der Waals surface area contributed by atoms with E-state index in [1.165, 1.54) is 13.3 Å². The molecule has 0 radical (unpaired) electrons. The maximum atomic E-state index is 12.3. The van der Waals surface area contributed by atoms with E-state index >= 15 is 0 Å². The minimum atomic E-state index is -0.468. The average Bonchev–Trinajstić information content (AvgIpc) is 3.44. The summed E-state index contributed by atoms with van der Waals surface area (Å²) in [5.41, 5.74) is 4.96. The highest BCUT2D eigenvalue weighted by Gasteiger charge is 2.31. The Morgan fingerprint density at radius 3 is 2.66 bits per heavy atom. The van der Waals surface area contributed by atoms with Crippen LogP contribution in [0.4, 0.5) is 5.82 Å². The van der Waals surface area contributed by atoms with E-state index in [-0.39, 0.29) is 17.4 Å². The Hall–Kier alpha value is -3.48. The zero-order valence-electron chi connectivity index (χ0n) is 18.5. The molecule has 1 amide bonds. The first-order chi connectivity index (χ1) is 15.3. The number of hydrogen-bond acceptors (Lipinski definition) is 5. The molecule has 3 heterocycles. The molecule has 5 rings (SSSR count). The molecule has 164 valence electrons. The number of aliphatic imine (C=N–C) groups is 1. The predicted octanol–water partition coefficient (Wildman–Crippen LogP) is 4.73. The predicted molar refractivity (Wildman–Crippen MR) is 124 cm³/mol. The molecule has 2 aromatic heterocycles. The van der Waals surface area contributed by atoms with Crippen LogP contribution in [0.1, 0.15) is 55.5 Å². The number of H-pyrrole nitrogens is 1. The quantitative estimate of drug-likeness (QED) is 0.572. The van der Waals surface area contributed by atoms with Crippen molar-refractivity contribution < 1.29 is 14.3 Å². The molecular formula is C25H26N4O3. The molecule has 1 aliphatic carbocycles. The van der Waals surface area contributed by atoms with E-state index in [2.05, 4.69) is 41.3 Å². The van der Waals surface area contributed by atoms with Gasteiger partial charge in [0, 0.05) is 28.9 Å². The van der Waals surface area contributed by atoms with Crippen molar-refractivity contribution in [2.24, 2.45) is 10.9 Å². The van der Waals surface area contributed by atoms with Gasteiger partial charge in [0.1, 0.15) is 0 Å². The third-order valence-corrected chi connectivity index (χ3v) is 6.18. The molecule has 0 atom stereocenters. The highest BCUT2D eigenvalue weighted by atomic mass is 16.5. The Bertz CT molecular complexity index is 1270. The van der Waals surface area contributed by atoms with Gasteiger partial charge < -0.3 is 15.0 Å². The van der Waals surface area contributed by atoms with Gasteiger partial charge >= 0.3 is 5.97 Å². The van der Waals surface area contributed by atoms with Crippen LogP contribution in [0.25, 0.3) is 22.2 Å². The van der Waals surface area contributed by atoms with Crippen LogP contribution < -0.4 is 5.32 Å². The monoisotopic (exact) mass is 430 g/mol. The van der Waals surface area contributed by atoms with Gasteiger partial charge in [0.05, 0.1) is 23.7 Å². The Labute approximate surface area is 186 Å². The van der Waals surface area contributed by atoms with Crippen molar-refractivity contribution in [3.8, 4) is 11.3 Å². The van der Waals surface area contributed by atoms with Crippen molar-refractivity contribution in [2.75, 3.05) is 12.4 Å². The van der Waals surface area contributed by atoms with Gasteiger partial charge in [0.15, 0.2) is 5.82 Å². The SMILES string of the molecule is COC(=O)c1cnc(NC(=O)C2CC2)c2[nH]c(-c3cccc(C4=NC(C)(C)CC4)c3)cc12. The Kier molecular flexibility index (Phi) is 4.84. The molecular weight excluding hydrogens is 404 g/mol. The number of esters is 1. The molecule has 7 heteroatoms. The third-order valence-electron chi connectivity index (χ3n) is 6.18. The van der Waals surface area contributed by atoms with Gasteiger partial charge in [-0.05, 0) is 62.8 Å². The number of aromatic nitrogens is 2. The van der Waals surface area contributed by atoms with Gasteiger partial charge in [0.25, 0.3) is 0 Å². The lowest BCUT2D eigenvalue weighted by molar-refractivity contribution is -0.117. The van der Waals surface area contributed by atoms with E-state index < -0.39 is 5.97 Å². The van der Waals surface area contributed by atoms with Crippen molar-refractivity contribution in [3.63, 3.8) is 0 Å². The highest BCUT2D eigenvalue weighted by molar-refractivity contribution is 6.10. The van der Waals surface area contributed by atoms with E-state index in [9.17, 15) is 9.59 Å². The summed E-state index contributed by atoms with van der Waals surface area (Å²) in [6.07, 6.45) is 5.26. The summed E-state index contributed by atoms with van der Waals surface area (Å²) >= 11 is 0. The lowest BCUT2D eigenvalue weighted by Crippen LogP contribution is -2.15. The van der Waals surface area contributed by atoms with E-state index in [4.69, 9.17) is 9.73 Å². The van der Waals surface area contributed by atoms with Crippen molar-refractivity contribution in [1.82, 2.24) is 9.97 Å². The second kappa shape index (κ2) is 7.58. The molecule has 3 aromatic rings. The summed E-state index contributed by atoms with van der Waals surface area (Å²) in [7, 11) is 1.35. The van der Waals surface area contributed by atoms with Gasteiger partial charge in [-0.3, -0.25) is 9.79 Å². The summed E-state index contributed by atoms with van der Waals surface area (Å²) in [4.78, 5) is 37.3. The van der Waals surface area contributed by atoms with Crippen LogP contribution in [0.3, 0.4) is 0 Å². The normalized spacial score (nSPS) is 17.3. The fourth-order valence-corrected chi connectivity index (χ4v) is 4.18. The maximum absolute atomic E-state index is 12.3. The van der Waals surface area contributed by atoms with Gasteiger partial charge in [-0.1, -0.05) is 18.2 Å². The molecule has 7 nitrogen and oxygen atoms in total. The fourth-order valence-electron chi connectivity index (χ4n) is 4.18. The molecule has 0 saturated heterocycles. The number of ether oxygens (including phenoxy) is 1. The summed E-state index contributed by atoms with van der Waals surface area (Å²) in [5.74, 6) is -0.0300. The number of rotatable bonds is 5. The van der Waals surface area contributed by atoms with Crippen LogP contribution in [0, 0.1) is 5.92 Å². The van der Waals surface area contributed by atoms with Gasteiger partial charge in [-0.2, -0.15) is 0 Å². The van der Waals surface area contributed by atoms with E-state index in [1.807, 2.05) is 18.2 Å². The number of hydrogen-bond donors (Lipinski definition) is 2. The number of carbonyl (C=O) groups is 2. The molecule has 1 aliphatic heterocycles. The minimum absolute atomic E-state index is 0.0256. The molecule has 0 unspecified atom stereocenters. The molecule has 1 aromatic carbocycles. The second-order valence-electron chi connectivity index (χ2n) is 9.20. The Morgan fingerprint density at radius 1 is 1.19 bits per heavy atom. The van der Waals surface area contributed by atoms with Gasteiger partial charge in [-0.25, -0.2) is 9.78 Å². The molecule has 0 spiro atoms. The molecule has 0 bridgehead atoms. The highest BCUT2D eigenvalue weighted by Crippen LogP contribution is 2.34. The number of nitrogens with zero attached hydrogens (tertiary/aromatic N) is 2. The average molecular weight is 431 g/mol. The summed E-state index contributed by atoms with van der Waals surface area (Å²) in [5, 5.41) is 3.57. The first kappa shape index (κ1) is 20.4. The summed E-state index contributed by atoms with van der Waals surface area (Å²) in [6.45, 7) is 4.31. The maximum Gasteiger partial charge on any atom is 0.340 e. The zero-order chi connectivity index (χ0) is 22.5. The number of carbonyl (C=O) groups excluding carboxylic acids is 2. The largest absolute Gasteiger partial charge is 0.465 e. The topological polar surface area (TPSA) is 96.4 Å². The first-order valence-electron chi connectivity index (χ1n) is 10.9. The molecule has 2 aliphatic rings. The van der Waals surface area contributed by atoms with Crippen molar-refractivity contribution in [3.05, 3.63) is 47.7 Å². The van der Waals surface area contributed by atoms with Crippen LogP contribution in [0.5, 0.6) is 0 Å². The molecule has 1 fully saturated rings. The van der Waals surface area contributed by atoms with Gasteiger partial charge in [-0.15, -0.1) is 0 Å².